The minimum atomic E-state index is -0.363. The molecule has 0 heterocycles. The van der Waals surface area contributed by atoms with Crippen LogP contribution in [0, 0.1) is 16.0 Å². The van der Waals surface area contributed by atoms with Crippen LogP contribution in [0.15, 0.2) is 18.2 Å². The number of hydrogen-bond donors (Lipinski definition) is 1. The number of rotatable bonds is 8. The maximum absolute atomic E-state index is 10.9. The van der Waals surface area contributed by atoms with E-state index in [1.807, 2.05) is 0 Å². The van der Waals surface area contributed by atoms with Crippen LogP contribution in [0.25, 0.3) is 0 Å². The molecular weight excluding hydrogens is 256 g/mol. The zero-order valence-corrected chi connectivity index (χ0v) is 12.1. The molecule has 0 unspecified atom stereocenters. The molecule has 0 aromatic heterocycles. The van der Waals surface area contributed by atoms with Gasteiger partial charge in [-0.05, 0) is 31.2 Å². The van der Waals surface area contributed by atoms with Gasteiger partial charge >= 0.3 is 0 Å². The molecule has 0 atom stereocenters. The van der Waals surface area contributed by atoms with E-state index in [1.165, 1.54) is 18.9 Å². The van der Waals surface area contributed by atoms with Crippen LogP contribution in [-0.2, 0) is 6.54 Å². The third-order valence-electron chi connectivity index (χ3n) is 3.37. The summed E-state index contributed by atoms with van der Waals surface area (Å²) in [6, 6.07) is 5.39. The van der Waals surface area contributed by atoms with Crippen molar-refractivity contribution in [3.8, 4) is 5.75 Å². The molecule has 1 saturated carbocycles. The standard InChI is InChI=1S/C15H22N2O3/c1-11(2)7-8-20-15-6-5-14(17(18)19)9-12(15)10-16-13-3-4-13/h5-6,9,11,13,16H,3-4,7-8,10H2,1-2H3. The van der Waals surface area contributed by atoms with Crippen molar-refractivity contribution in [2.75, 3.05) is 6.61 Å². The van der Waals surface area contributed by atoms with Crippen LogP contribution in [-0.4, -0.2) is 17.6 Å². The van der Waals surface area contributed by atoms with Crippen LogP contribution in [0.1, 0.15) is 38.7 Å². The Morgan fingerprint density at radius 3 is 2.80 bits per heavy atom. The topological polar surface area (TPSA) is 64.4 Å². The Labute approximate surface area is 119 Å². The second-order valence-corrected chi connectivity index (χ2v) is 5.74. The summed E-state index contributed by atoms with van der Waals surface area (Å²) in [5, 5.41) is 14.2. The maximum atomic E-state index is 10.9. The first-order valence-electron chi connectivity index (χ1n) is 7.19. The van der Waals surface area contributed by atoms with E-state index < -0.39 is 0 Å². The van der Waals surface area contributed by atoms with Crippen molar-refractivity contribution in [3.05, 3.63) is 33.9 Å². The summed E-state index contributed by atoms with van der Waals surface area (Å²) in [5.74, 6) is 1.34. The molecule has 0 radical (unpaired) electrons. The van der Waals surface area contributed by atoms with E-state index in [0.717, 1.165) is 17.7 Å². The third kappa shape index (κ3) is 4.49. The van der Waals surface area contributed by atoms with Gasteiger partial charge in [-0.25, -0.2) is 0 Å². The van der Waals surface area contributed by atoms with Gasteiger partial charge in [0.1, 0.15) is 5.75 Å². The largest absolute Gasteiger partial charge is 0.493 e. The fraction of sp³-hybridized carbons (Fsp3) is 0.600. The molecule has 20 heavy (non-hydrogen) atoms. The Balaban J connectivity index is 2.04. The first-order valence-corrected chi connectivity index (χ1v) is 7.19. The molecule has 0 saturated heterocycles. The van der Waals surface area contributed by atoms with Crippen LogP contribution >= 0.6 is 0 Å². The van der Waals surface area contributed by atoms with E-state index in [0.29, 0.717) is 25.1 Å². The number of nitrogens with zero attached hydrogens (tertiary/aromatic N) is 1. The molecule has 1 aliphatic carbocycles. The highest BCUT2D eigenvalue weighted by molar-refractivity contribution is 5.43. The molecule has 1 aliphatic rings. The van der Waals surface area contributed by atoms with Crippen LogP contribution < -0.4 is 10.1 Å². The van der Waals surface area contributed by atoms with Gasteiger partial charge in [-0.3, -0.25) is 10.1 Å². The highest BCUT2D eigenvalue weighted by Crippen LogP contribution is 2.26. The Kier molecular flexibility index (Phi) is 4.95. The van der Waals surface area contributed by atoms with Gasteiger partial charge in [0.15, 0.2) is 0 Å². The van der Waals surface area contributed by atoms with Gasteiger partial charge in [0.05, 0.1) is 11.5 Å². The van der Waals surface area contributed by atoms with E-state index in [1.54, 1.807) is 12.1 Å². The van der Waals surface area contributed by atoms with Gasteiger partial charge in [-0.2, -0.15) is 0 Å². The number of hydrogen-bond acceptors (Lipinski definition) is 4. The molecule has 5 nitrogen and oxygen atoms in total. The average molecular weight is 278 g/mol. The highest BCUT2D eigenvalue weighted by Gasteiger charge is 2.21. The summed E-state index contributed by atoms with van der Waals surface area (Å²) in [6.45, 7) is 5.57. The van der Waals surface area contributed by atoms with E-state index in [2.05, 4.69) is 19.2 Å². The Morgan fingerprint density at radius 1 is 1.45 bits per heavy atom. The smallest absolute Gasteiger partial charge is 0.270 e. The quantitative estimate of drug-likeness (QED) is 0.585. The zero-order valence-electron chi connectivity index (χ0n) is 12.1. The summed E-state index contributed by atoms with van der Waals surface area (Å²) < 4.78 is 5.77. The monoisotopic (exact) mass is 278 g/mol. The second-order valence-electron chi connectivity index (χ2n) is 5.74. The van der Waals surface area contributed by atoms with Crippen molar-refractivity contribution in [3.63, 3.8) is 0 Å². The molecule has 0 spiro atoms. The normalized spacial score (nSPS) is 14.6. The summed E-state index contributed by atoms with van der Waals surface area (Å²) in [5.41, 5.74) is 0.990. The second kappa shape index (κ2) is 6.70. The van der Waals surface area contributed by atoms with Gasteiger partial charge in [0.25, 0.3) is 5.69 Å². The van der Waals surface area contributed by atoms with E-state index in [-0.39, 0.29) is 10.6 Å². The molecule has 5 heteroatoms. The van der Waals surface area contributed by atoms with Crippen molar-refractivity contribution in [2.45, 2.75) is 45.7 Å². The molecule has 110 valence electrons. The van der Waals surface area contributed by atoms with E-state index >= 15 is 0 Å². The Morgan fingerprint density at radius 2 is 2.20 bits per heavy atom. The van der Waals surface area contributed by atoms with Crippen LogP contribution in [0.5, 0.6) is 5.75 Å². The summed E-state index contributed by atoms with van der Waals surface area (Å²) in [7, 11) is 0. The number of nitro benzene ring substituents is 1. The van der Waals surface area contributed by atoms with Crippen LogP contribution in [0.2, 0.25) is 0 Å². The summed E-state index contributed by atoms with van der Waals surface area (Å²) in [4.78, 5) is 10.5. The van der Waals surface area contributed by atoms with Crippen LogP contribution in [0.3, 0.4) is 0 Å². The highest BCUT2D eigenvalue weighted by atomic mass is 16.6. The van der Waals surface area contributed by atoms with Crippen molar-refractivity contribution in [1.29, 1.82) is 0 Å². The van der Waals surface area contributed by atoms with Gasteiger partial charge in [0, 0.05) is 30.3 Å². The van der Waals surface area contributed by atoms with Crippen LogP contribution in [0.4, 0.5) is 5.69 Å². The molecule has 0 aliphatic heterocycles. The number of ether oxygens (including phenoxy) is 1. The van der Waals surface area contributed by atoms with Gasteiger partial charge in [0.2, 0.25) is 0 Å². The number of nitrogens with one attached hydrogen (secondary N) is 1. The predicted octanol–water partition coefficient (Wildman–Crippen LogP) is 3.27. The lowest BCUT2D eigenvalue weighted by molar-refractivity contribution is -0.384. The minimum absolute atomic E-state index is 0.119. The molecule has 1 aromatic rings. The van der Waals surface area contributed by atoms with Crippen molar-refractivity contribution >= 4 is 5.69 Å². The van der Waals surface area contributed by atoms with E-state index in [9.17, 15) is 10.1 Å². The van der Waals surface area contributed by atoms with Gasteiger partial charge in [-0.15, -0.1) is 0 Å². The Bertz CT molecular complexity index is 470. The first kappa shape index (κ1) is 14.8. The van der Waals surface area contributed by atoms with Crippen molar-refractivity contribution in [2.24, 2.45) is 5.92 Å². The lowest BCUT2D eigenvalue weighted by atomic mass is 10.1. The number of benzene rings is 1. The SMILES string of the molecule is CC(C)CCOc1ccc([N+](=O)[O-])cc1CNC1CC1. The predicted molar refractivity (Wildman–Crippen MR) is 77.9 cm³/mol. The summed E-state index contributed by atoms with van der Waals surface area (Å²) in [6.07, 6.45) is 3.36. The fourth-order valence-corrected chi connectivity index (χ4v) is 1.90. The Hall–Kier alpha value is -1.62. The summed E-state index contributed by atoms with van der Waals surface area (Å²) >= 11 is 0. The molecule has 1 fully saturated rings. The molecule has 1 aromatic carbocycles. The van der Waals surface area contributed by atoms with Gasteiger partial charge < -0.3 is 10.1 Å². The molecule has 0 bridgehead atoms. The molecule has 1 N–H and O–H groups in total. The zero-order chi connectivity index (χ0) is 14.5. The fourth-order valence-electron chi connectivity index (χ4n) is 1.90. The molecular formula is C15H22N2O3. The average Bonchev–Trinajstić information content (AvgIpc) is 3.20. The lowest BCUT2D eigenvalue weighted by Crippen LogP contribution is -2.16. The molecule has 0 amide bonds. The minimum Gasteiger partial charge on any atom is -0.493 e. The maximum Gasteiger partial charge on any atom is 0.270 e. The van der Waals surface area contributed by atoms with Gasteiger partial charge in [-0.1, -0.05) is 13.8 Å². The molecule has 2 rings (SSSR count). The first-order chi connectivity index (χ1) is 9.56. The number of nitro groups is 1. The lowest BCUT2D eigenvalue weighted by Gasteiger charge is -2.13. The van der Waals surface area contributed by atoms with E-state index in [4.69, 9.17) is 4.74 Å². The third-order valence-corrected chi connectivity index (χ3v) is 3.37. The van der Waals surface area contributed by atoms with Crippen molar-refractivity contribution < 1.29 is 9.66 Å². The van der Waals surface area contributed by atoms with Crippen molar-refractivity contribution in [1.82, 2.24) is 5.32 Å². The number of non-ortho nitro benzene ring substituents is 1.